The van der Waals surface area contributed by atoms with Gasteiger partial charge in [0.25, 0.3) is 0 Å². The molecular formula is C11H16N4O3S. The van der Waals surface area contributed by atoms with Gasteiger partial charge in [0, 0.05) is 6.42 Å². The molecule has 2 aliphatic heterocycles. The average Bonchev–Trinajstić information content (AvgIpc) is 2.88. The van der Waals surface area contributed by atoms with E-state index in [9.17, 15) is 4.79 Å². The summed E-state index contributed by atoms with van der Waals surface area (Å²) in [7, 11) is 0. The monoisotopic (exact) mass is 284 g/mol. The minimum absolute atomic E-state index is 0.0639. The fourth-order valence-electron chi connectivity index (χ4n) is 2.35. The number of fused-ring (bicyclic) bond motifs is 2. The Hall–Kier alpha value is -1.12. The molecule has 2 aliphatic rings. The molecule has 8 heteroatoms. The molecule has 0 aromatic carbocycles. The molecule has 0 spiro atoms. The van der Waals surface area contributed by atoms with Crippen LogP contribution in [0.15, 0.2) is 0 Å². The number of aromatic nitrogens is 4. The zero-order valence-electron chi connectivity index (χ0n) is 11.1. The van der Waals surface area contributed by atoms with Crippen molar-refractivity contribution in [3.05, 3.63) is 4.77 Å². The minimum atomic E-state index is -0.701. The SMILES string of the molecule is CC(C)(C)n1nnn(C2CC(=O)C3OCC2O3)c1=S. The Morgan fingerprint density at radius 2 is 2.11 bits per heavy atom. The number of hydrogen-bond acceptors (Lipinski definition) is 6. The predicted octanol–water partition coefficient (Wildman–Crippen LogP) is 0.819. The van der Waals surface area contributed by atoms with Gasteiger partial charge in [0.1, 0.15) is 6.10 Å². The third-order valence-electron chi connectivity index (χ3n) is 3.37. The fraction of sp³-hybridized carbons (Fsp3) is 0.818. The van der Waals surface area contributed by atoms with Crippen LogP contribution in [0.3, 0.4) is 0 Å². The van der Waals surface area contributed by atoms with Crippen LogP contribution in [-0.2, 0) is 19.8 Å². The summed E-state index contributed by atoms with van der Waals surface area (Å²) in [5.41, 5.74) is -0.246. The molecule has 1 aromatic heterocycles. The number of rotatable bonds is 1. The summed E-state index contributed by atoms with van der Waals surface area (Å²) in [6.07, 6.45) is -0.556. The molecule has 2 saturated heterocycles. The van der Waals surface area contributed by atoms with Crippen LogP contribution < -0.4 is 0 Å². The first-order valence-electron chi connectivity index (χ1n) is 6.23. The quantitative estimate of drug-likeness (QED) is 0.711. The summed E-state index contributed by atoms with van der Waals surface area (Å²) in [5.74, 6) is -0.0639. The van der Waals surface area contributed by atoms with Gasteiger partial charge in [0.15, 0.2) is 5.78 Å². The minimum Gasteiger partial charge on any atom is -0.343 e. The van der Waals surface area contributed by atoms with E-state index in [0.29, 0.717) is 17.8 Å². The van der Waals surface area contributed by atoms with Crippen LogP contribution in [0, 0.1) is 4.77 Å². The molecule has 0 amide bonds. The van der Waals surface area contributed by atoms with Gasteiger partial charge < -0.3 is 9.47 Å². The van der Waals surface area contributed by atoms with Crippen LogP contribution in [0.5, 0.6) is 0 Å². The molecule has 0 aliphatic carbocycles. The van der Waals surface area contributed by atoms with Crippen molar-refractivity contribution in [1.29, 1.82) is 0 Å². The highest BCUT2D eigenvalue weighted by molar-refractivity contribution is 7.71. The van der Waals surface area contributed by atoms with Gasteiger partial charge in [0.05, 0.1) is 18.2 Å². The molecule has 0 saturated carbocycles. The highest BCUT2D eigenvalue weighted by atomic mass is 32.1. The summed E-state index contributed by atoms with van der Waals surface area (Å²) < 4.78 is 14.6. The summed E-state index contributed by atoms with van der Waals surface area (Å²) in [6.45, 7) is 6.39. The molecule has 2 fully saturated rings. The van der Waals surface area contributed by atoms with Crippen LogP contribution in [-0.4, -0.2) is 44.6 Å². The molecule has 3 atom stereocenters. The van der Waals surface area contributed by atoms with E-state index in [1.807, 2.05) is 20.8 Å². The first-order chi connectivity index (χ1) is 8.88. The Labute approximate surface area is 115 Å². The Morgan fingerprint density at radius 3 is 2.74 bits per heavy atom. The molecule has 2 bridgehead atoms. The highest BCUT2D eigenvalue weighted by Crippen LogP contribution is 2.32. The molecule has 3 heterocycles. The number of nitrogens with zero attached hydrogens (tertiary/aromatic N) is 4. The van der Waals surface area contributed by atoms with Gasteiger partial charge in [-0.2, -0.15) is 0 Å². The standard InChI is InChI=1S/C11H16N4O3S/c1-11(2,3)15-10(19)14(12-13-15)6-4-7(16)9-17-5-8(6)18-9/h6,8-9H,4-5H2,1-3H3. The van der Waals surface area contributed by atoms with Crippen molar-refractivity contribution in [2.45, 2.75) is 51.2 Å². The lowest BCUT2D eigenvalue weighted by atomic mass is 10.0. The summed E-state index contributed by atoms with van der Waals surface area (Å²) in [5, 5.41) is 8.18. The predicted molar refractivity (Wildman–Crippen MR) is 67.1 cm³/mol. The van der Waals surface area contributed by atoms with E-state index in [1.165, 1.54) is 0 Å². The van der Waals surface area contributed by atoms with Crippen molar-refractivity contribution < 1.29 is 14.3 Å². The molecule has 104 valence electrons. The van der Waals surface area contributed by atoms with Crippen molar-refractivity contribution in [2.24, 2.45) is 0 Å². The Kier molecular flexibility index (Phi) is 2.84. The van der Waals surface area contributed by atoms with E-state index >= 15 is 0 Å². The van der Waals surface area contributed by atoms with Crippen molar-refractivity contribution in [3.63, 3.8) is 0 Å². The lowest BCUT2D eigenvalue weighted by Crippen LogP contribution is -2.37. The second kappa shape index (κ2) is 4.19. The smallest absolute Gasteiger partial charge is 0.218 e. The molecule has 0 N–H and O–H groups in total. The molecule has 0 radical (unpaired) electrons. The van der Waals surface area contributed by atoms with E-state index in [2.05, 4.69) is 10.4 Å². The Morgan fingerprint density at radius 1 is 1.37 bits per heavy atom. The number of ketones is 1. The lowest BCUT2D eigenvalue weighted by molar-refractivity contribution is -0.156. The summed E-state index contributed by atoms with van der Waals surface area (Å²) in [4.78, 5) is 11.8. The van der Waals surface area contributed by atoms with Gasteiger partial charge in [0.2, 0.25) is 11.1 Å². The zero-order valence-corrected chi connectivity index (χ0v) is 11.9. The number of tetrazole rings is 1. The molecule has 3 rings (SSSR count). The number of Topliss-reactive ketones (excluding diaryl/α,β-unsaturated/α-hetero) is 1. The van der Waals surface area contributed by atoms with Crippen molar-refractivity contribution >= 4 is 18.0 Å². The third-order valence-corrected chi connectivity index (χ3v) is 3.73. The molecule has 1 aromatic rings. The Bertz CT molecular complexity index is 573. The topological polar surface area (TPSA) is 71.2 Å². The first kappa shape index (κ1) is 12.9. The summed E-state index contributed by atoms with van der Waals surface area (Å²) in [6, 6.07) is -0.227. The van der Waals surface area contributed by atoms with E-state index in [0.717, 1.165) is 0 Å². The first-order valence-corrected chi connectivity index (χ1v) is 6.63. The molecule has 3 unspecified atom stereocenters. The largest absolute Gasteiger partial charge is 0.343 e. The highest BCUT2D eigenvalue weighted by Gasteiger charge is 2.45. The second-order valence-corrected chi connectivity index (χ2v) is 6.23. The lowest BCUT2D eigenvalue weighted by Gasteiger charge is -2.26. The van der Waals surface area contributed by atoms with E-state index < -0.39 is 6.29 Å². The maximum atomic E-state index is 11.8. The van der Waals surface area contributed by atoms with Gasteiger partial charge in [-0.05, 0) is 43.4 Å². The molecular weight excluding hydrogens is 268 g/mol. The van der Waals surface area contributed by atoms with Gasteiger partial charge >= 0.3 is 0 Å². The Balaban J connectivity index is 1.97. The van der Waals surface area contributed by atoms with Crippen LogP contribution in [0.1, 0.15) is 33.2 Å². The van der Waals surface area contributed by atoms with E-state index in [4.69, 9.17) is 21.7 Å². The van der Waals surface area contributed by atoms with Crippen molar-refractivity contribution in [3.8, 4) is 0 Å². The molecule has 7 nitrogen and oxygen atoms in total. The van der Waals surface area contributed by atoms with Gasteiger partial charge in [-0.3, -0.25) is 4.79 Å². The third kappa shape index (κ3) is 2.03. The van der Waals surface area contributed by atoms with Gasteiger partial charge in [-0.25, -0.2) is 9.36 Å². The second-order valence-electron chi connectivity index (χ2n) is 5.87. The van der Waals surface area contributed by atoms with Gasteiger partial charge in [-0.15, -0.1) is 0 Å². The number of carbonyl (C=O) groups excluding carboxylic acids is 1. The molecule has 19 heavy (non-hydrogen) atoms. The number of carbonyl (C=O) groups is 1. The van der Waals surface area contributed by atoms with Crippen LogP contribution in [0.2, 0.25) is 0 Å². The van der Waals surface area contributed by atoms with Crippen molar-refractivity contribution in [1.82, 2.24) is 19.8 Å². The average molecular weight is 284 g/mol. The van der Waals surface area contributed by atoms with E-state index in [1.54, 1.807) is 9.36 Å². The van der Waals surface area contributed by atoms with Crippen molar-refractivity contribution in [2.75, 3.05) is 6.61 Å². The number of hydrogen-bond donors (Lipinski definition) is 0. The number of ether oxygens (including phenoxy) is 2. The van der Waals surface area contributed by atoms with Gasteiger partial charge in [-0.1, -0.05) is 0 Å². The van der Waals surface area contributed by atoms with E-state index in [-0.39, 0.29) is 23.5 Å². The normalized spacial score (nSPS) is 30.9. The fourth-order valence-corrected chi connectivity index (χ4v) is 2.84. The van der Waals surface area contributed by atoms with Crippen LogP contribution in [0.4, 0.5) is 0 Å². The maximum absolute atomic E-state index is 11.8. The zero-order chi connectivity index (χ0) is 13.8. The summed E-state index contributed by atoms with van der Waals surface area (Å²) >= 11 is 5.40. The maximum Gasteiger partial charge on any atom is 0.218 e. The van der Waals surface area contributed by atoms with Crippen LogP contribution in [0.25, 0.3) is 0 Å². The van der Waals surface area contributed by atoms with Crippen LogP contribution >= 0.6 is 12.2 Å².